The number of halogens is 1. The number of nitrogens with zero attached hydrogens (tertiary/aromatic N) is 1. The molecule has 3 N–H and O–H groups in total. The topological polar surface area (TPSA) is 74.8 Å². The van der Waals surface area contributed by atoms with Crippen molar-refractivity contribution in [1.82, 2.24) is 16.0 Å². The Morgan fingerprint density at radius 1 is 1.16 bits per heavy atom. The predicted octanol–water partition coefficient (Wildman–Crippen LogP) is 0.578. The molecule has 0 aliphatic heterocycles. The monoisotopic (exact) mass is 386 g/mol. The Hall–Kier alpha value is -0.570. The van der Waals surface area contributed by atoms with Gasteiger partial charge in [0.05, 0.1) is 0 Å². The van der Waals surface area contributed by atoms with E-state index >= 15 is 0 Å². The van der Waals surface area contributed by atoms with Crippen LogP contribution in [0.4, 0.5) is 0 Å². The van der Waals surface area contributed by atoms with E-state index in [1.165, 1.54) is 0 Å². The van der Waals surface area contributed by atoms with E-state index in [1.54, 1.807) is 14.2 Å². The van der Waals surface area contributed by atoms with E-state index in [1.807, 2.05) is 13.8 Å². The van der Waals surface area contributed by atoms with E-state index in [2.05, 4.69) is 20.9 Å². The van der Waals surface area contributed by atoms with Gasteiger partial charge in [-0.2, -0.15) is 0 Å². The molecule has 0 bridgehead atoms. The predicted molar refractivity (Wildman–Crippen MR) is 89.1 cm³/mol. The number of nitrogens with one attached hydrogen (secondary N) is 3. The quantitative estimate of drug-likeness (QED) is 0.247. The first kappa shape index (κ1) is 20.7. The third-order valence-corrected chi connectivity index (χ3v) is 2.28. The van der Waals surface area contributed by atoms with Crippen LogP contribution in [0.1, 0.15) is 20.3 Å². The van der Waals surface area contributed by atoms with Gasteiger partial charge in [0.2, 0.25) is 5.91 Å². The average molecular weight is 386 g/mol. The van der Waals surface area contributed by atoms with Gasteiger partial charge in [-0.15, -0.1) is 24.0 Å². The highest BCUT2D eigenvalue weighted by molar-refractivity contribution is 14.0. The number of hydrogen-bond acceptors (Lipinski definition) is 3. The summed E-state index contributed by atoms with van der Waals surface area (Å²) in [5, 5.41) is 9.12. The van der Waals surface area contributed by atoms with Crippen molar-refractivity contribution in [3.05, 3.63) is 0 Å². The van der Waals surface area contributed by atoms with Crippen LogP contribution in [0.3, 0.4) is 0 Å². The molecule has 0 heterocycles. The van der Waals surface area contributed by atoms with E-state index in [0.717, 1.165) is 25.5 Å². The molecule has 0 saturated carbocycles. The van der Waals surface area contributed by atoms with E-state index in [4.69, 9.17) is 4.74 Å². The molecule has 114 valence electrons. The molecular formula is C12H27IN4O2. The zero-order valence-corrected chi connectivity index (χ0v) is 14.6. The van der Waals surface area contributed by atoms with Crippen molar-refractivity contribution in [3.8, 4) is 0 Å². The number of aliphatic imine (C=N–C) groups is 1. The zero-order chi connectivity index (χ0) is 13.8. The lowest BCUT2D eigenvalue weighted by Gasteiger charge is -2.12. The van der Waals surface area contributed by atoms with Crippen molar-refractivity contribution in [3.63, 3.8) is 0 Å². The third kappa shape index (κ3) is 12.2. The van der Waals surface area contributed by atoms with Gasteiger partial charge in [-0.3, -0.25) is 9.79 Å². The van der Waals surface area contributed by atoms with Crippen LogP contribution in [0.25, 0.3) is 0 Å². The Morgan fingerprint density at radius 2 is 1.74 bits per heavy atom. The second-order valence-electron chi connectivity index (χ2n) is 4.22. The highest BCUT2D eigenvalue weighted by atomic mass is 127. The fraction of sp³-hybridized carbons (Fsp3) is 0.833. The standard InChI is InChI=1S/C12H26N4O2.HI/c1-10(2)11(17)14-7-8-16-12(13-3)15-6-5-9-18-4;/h10H,5-9H2,1-4H3,(H,14,17)(H2,13,15,16);1H. The summed E-state index contributed by atoms with van der Waals surface area (Å²) in [6.45, 7) is 6.54. The number of hydrogen-bond donors (Lipinski definition) is 3. The molecule has 0 aliphatic carbocycles. The van der Waals surface area contributed by atoms with Crippen LogP contribution in [-0.4, -0.2) is 52.3 Å². The molecule has 0 unspecified atom stereocenters. The summed E-state index contributed by atoms with van der Waals surface area (Å²) >= 11 is 0. The lowest BCUT2D eigenvalue weighted by atomic mass is 10.2. The van der Waals surface area contributed by atoms with Gasteiger partial charge in [-0.25, -0.2) is 0 Å². The Bertz CT molecular complexity index is 260. The van der Waals surface area contributed by atoms with Crippen LogP contribution in [0.2, 0.25) is 0 Å². The summed E-state index contributed by atoms with van der Waals surface area (Å²) in [5.74, 6) is 0.834. The molecule has 0 spiro atoms. The van der Waals surface area contributed by atoms with E-state index in [-0.39, 0.29) is 35.8 Å². The van der Waals surface area contributed by atoms with E-state index in [0.29, 0.717) is 13.1 Å². The first-order valence-electron chi connectivity index (χ1n) is 6.33. The van der Waals surface area contributed by atoms with E-state index in [9.17, 15) is 4.79 Å². The molecule has 19 heavy (non-hydrogen) atoms. The molecule has 7 heteroatoms. The maximum Gasteiger partial charge on any atom is 0.222 e. The largest absolute Gasteiger partial charge is 0.385 e. The molecular weight excluding hydrogens is 359 g/mol. The highest BCUT2D eigenvalue weighted by Gasteiger charge is 2.04. The SMILES string of the molecule is CN=C(NCCCOC)NCCNC(=O)C(C)C.I. The molecule has 0 aliphatic rings. The van der Waals surface area contributed by atoms with Crippen LogP contribution >= 0.6 is 24.0 Å². The van der Waals surface area contributed by atoms with Gasteiger partial charge in [0.25, 0.3) is 0 Å². The lowest BCUT2D eigenvalue weighted by molar-refractivity contribution is -0.123. The maximum absolute atomic E-state index is 11.3. The summed E-state index contributed by atoms with van der Waals surface area (Å²) in [4.78, 5) is 15.4. The minimum Gasteiger partial charge on any atom is -0.385 e. The summed E-state index contributed by atoms with van der Waals surface area (Å²) in [7, 11) is 3.41. The fourth-order valence-corrected chi connectivity index (χ4v) is 1.21. The third-order valence-electron chi connectivity index (χ3n) is 2.28. The number of amides is 1. The van der Waals surface area contributed by atoms with Crippen LogP contribution in [0.5, 0.6) is 0 Å². The first-order valence-corrected chi connectivity index (χ1v) is 6.33. The number of methoxy groups -OCH3 is 1. The molecule has 0 aromatic heterocycles. The molecule has 0 rings (SSSR count). The Morgan fingerprint density at radius 3 is 2.26 bits per heavy atom. The van der Waals surface area contributed by atoms with Gasteiger partial charge >= 0.3 is 0 Å². The smallest absolute Gasteiger partial charge is 0.222 e. The Labute approximate surface area is 133 Å². The summed E-state index contributed by atoms with van der Waals surface area (Å²) in [5.41, 5.74) is 0. The van der Waals surface area contributed by atoms with Crippen molar-refractivity contribution >= 4 is 35.8 Å². The summed E-state index contributed by atoms with van der Waals surface area (Å²) in [6, 6.07) is 0. The number of carbonyl (C=O) groups is 1. The van der Waals surface area contributed by atoms with E-state index < -0.39 is 0 Å². The zero-order valence-electron chi connectivity index (χ0n) is 12.3. The van der Waals surface area contributed by atoms with Crippen molar-refractivity contribution in [2.24, 2.45) is 10.9 Å². The molecule has 0 fully saturated rings. The molecule has 0 radical (unpaired) electrons. The molecule has 6 nitrogen and oxygen atoms in total. The van der Waals surface area contributed by atoms with Gasteiger partial charge < -0.3 is 20.7 Å². The van der Waals surface area contributed by atoms with Gasteiger partial charge in [0.1, 0.15) is 0 Å². The number of rotatable bonds is 8. The maximum atomic E-state index is 11.3. The van der Waals surface area contributed by atoms with Crippen LogP contribution < -0.4 is 16.0 Å². The van der Waals surface area contributed by atoms with Crippen LogP contribution in [0.15, 0.2) is 4.99 Å². The molecule has 0 aromatic rings. The molecule has 1 amide bonds. The van der Waals surface area contributed by atoms with Gasteiger partial charge in [0, 0.05) is 46.3 Å². The average Bonchev–Trinajstić information content (AvgIpc) is 2.36. The molecule has 0 atom stereocenters. The molecule has 0 saturated heterocycles. The summed E-state index contributed by atoms with van der Waals surface area (Å²) in [6.07, 6.45) is 0.932. The summed E-state index contributed by atoms with van der Waals surface area (Å²) < 4.78 is 4.96. The van der Waals surface area contributed by atoms with Crippen molar-refractivity contribution in [2.45, 2.75) is 20.3 Å². The second-order valence-corrected chi connectivity index (χ2v) is 4.22. The van der Waals surface area contributed by atoms with Crippen LogP contribution in [-0.2, 0) is 9.53 Å². The minimum atomic E-state index is 0. The first-order chi connectivity index (χ1) is 8.61. The minimum absolute atomic E-state index is 0. The Balaban J connectivity index is 0. The van der Waals surface area contributed by atoms with Gasteiger partial charge in [-0.05, 0) is 6.42 Å². The van der Waals surface area contributed by atoms with Crippen molar-refractivity contribution in [2.75, 3.05) is 40.4 Å². The lowest BCUT2D eigenvalue weighted by Crippen LogP contribution is -2.42. The van der Waals surface area contributed by atoms with Crippen LogP contribution in [0, 0.1) is 5.92 Å². The highest BCUT2D eigenvalue weighted by Crippen LogP contribution is 1.88. The van der Waals surface area contributed by atoms with Crippen molar-refractivity contribution < 1.29 is 9.53 Å². The van der Waals surface area contributed by atoms with Crippen molar-refractivity contribution in [1.29, 1.82) is 0 Å². The fourth-order valence-electron chi connectivity index (χ4n) is 1.21. The number of ether oxygens (including phenoxy) is 1. The number of guanidine groups is 1. The van der Waals surface area contributed by atoms with Gasteiger partial charge in [-0.1, -0.05) is 13.8 Å². The Kier molecular flexibility index (Phi) is 15.1. The van der Waals surface area contributed by atoms with Gasteiger partial charge in [0.15, 0.2) is 5.96 Å². The second kappa shape index (κ2) is 13.9. The normalized spacial score (nSPS) is 10.9. The number of carbonyl (C=O) groups excluding carboxylic acids is 1. The molecule has 0 aromatic carbocycles.